The third-order valence-electron chi connectivity index (χ3n) is 2.39. The number of nitriles is 1. The van der Waals surface area contributed by atoms with Crippen LogP contribution in [0.1, 0.15) is 16.1 Å². The van der Waals surface area contributed by atoms with Crippen molar-refractivity contribution in [3.63, 3.8) is 0 Å². The Labute approximate surface area is 112 Å². The van der Waals surface area contributed by atoms with Crippen LogP contribution >= 0.6 is 27.3 Å². The summed E-state index contributed by atoms with van der Waals surface area (Å²) in [6.45, 7) is 2.54. The van der Waals surface area contributed by atoms with Crippen LogP contribution in [0.4, 0.5) is 5.82 Å². The second-order valence-corrected chi connectivity index (χ2v) is 6.15. The lowest BCUT2D eigenvalue weighted by atomic mass is 10.2. The number of halogens is 1. The van der Waals surface area contributed by atoms with Crippen LogP contribution in [0.5, 0.6) is 0 Å². The van der Waals surface area contributed by atoms with E-state index in [0.29, 0.717) is 12.1 Å². The average Bonchev–Trinajstić information content (AvgIpc) is 2.80. The molecule has 0 saturated heterocycles. The fourth-order valence-corrected chi connectivity index (χ4v) is 3.04. The lowest BCUT2D eigenvalue weighted by Crippen LogP contribution is -2.04. The number of anilines is 1. The summed E-state index contributed by atoms with van der Waals surface area (Å²) in [6.07, 6.45) is 0. The summed E-state index contributed by atoms with van der Waals surface area (Å²) in [7, 11) is 1.83. The molecule has 2 aromatic heterocycles. The Balaban J connectivity index is 2.17. The largest absolute Gasteiger partial charge is 0.364 e. The van der Waals surface area contributed by atoms with Crippen molar-refractivity contribution in [3.8, 4) is 6.07 Å². The Morgan fingerprint density at radius 1 is 1.59 bits per heavy atom. The van der Waals surface area contributed by atoms with Crippen molar-refractivity contribution in [2.75, 3.05) is 5.32 Å². The summed E-state index contributed by atoms with van der Waals surface area (Å²) in [5.74, 6) is 0.773. The van der Waals surface area contributed by atoms with Gasteiger partial charge in [-0.25, -0.2) is 0 Å². The number of hydrogen-bond donors (Lipinski definition) is 1. The maximum absolute atomic E-state index is 9.07. The minimum atomic E-state index is 0.614. The van der Waals surface area contributed by atoms with Gasteiger partial charge in [-0.05, 0) is 35.0 Å². The standard InChI is InChI=1S/C11H11BrN4S/c1-7-9(5-13)11(16(2)15-7)14-6-8-3-4-10(12)17-8/h3-4,14H,6H2,1-2H3. The fourth-order valence-electron chi connectivity index (χ4n) is 1.61. The number of aryl methyl sites for hydroxylation is 2. The van der Waals surface area contributed by atoms with Crippen molar-refractivity contribution in [2.24, 2.45) is 7.05 Å². The Morgan fingerprint density at radius 3 is 2.94 bits per heavy atom. The van der Waals surface area contributed by atoms with Gasteiger partial charge in [-0.1, -0.05) is 0 Å². The molecule has 0 aliphatic heterocycles. The molecule has 0 atom stereocenters. The van der Waals surface area contributed by atoms with Crippen molar-refractivity contribution in [3.05, 3.63) is 32.1 Å². The van der Waals surface area contributed by atoms with E-state index in [1.807, 2.05) is 20.0 Å². The number of aromatic nitrogens is 2. The molecule has 6 heteroatoms. The van der Waals surface area contributed by atoms with E-state index in [2.05, 4.69) is 38.5 Å². The molecule has 0 aromatic carbocycles. The third-order valence-corrected chi connectivity index (χ3v) is 4.02. The van der Waals surface area contributed by atoms with Gasteiger partial charge in [0.1, 0.15) is 17.5 Å². The topological polar surface area (TPSA) is 53.6 Å². The van der Waals surface area contributed by atoms with Gasteiger partial charge in [-0.3, -0.25) is 4.68 Å². The normalized spacial score (nSPS) is 10.2. The molecule has 4 nitrogen and oxygen atoms in total. The molecule has 2 heterocycles. The van der Waals surface area contributed by atoms with Gasteiger partial charge in [0.2, 0.25) is 0 Å². The molecule has 0 aliphatic carbocycles. The van der Waals surface area contributed by atoms with E-state index in [-0.39, 0.29) is 0 Å². The number of hydrogen-bond acceptors (Lipinski definition) is 4. The minimum absolute atomic E-state index is 0.614. The predicted molar refractivity (Wildman–Crippen MR) is 72.0 cm³/mol. The number of thiophene rings is 1. The molecule has 17 heavy (non-hydrogen) atoms. The van der Waals surface area contributed by atoms with Crippen LogP contribution in [-0.4, -0.2) is 9.78 Å². The summed E-state index contributed by atoms with van der Waals surface area (Å²) < 4.78 is 2.81. The van der Waals surface area contributed by atoms with Gasteiger partial charge < -0.3 is 5.32 Å². The highest BCUT2D eigenvalue weighted by molar-refractivity contribution is 9.11. The summed E-state index contributed by atoms with van der Waals surface area (Å²) in [4.78, 5) is 1.21. The quantitative estimate of drug-likeness (QED) is 0.948. The lowest BCUT2D eigenvalue weighted by molar-refractivity contribution is 0.758. The van der Waals surface area contributed by atoms with E-state index < -0.39 is 0 Å². The first kappa shape index (κ1) is 12.1. The molecule has 0 bridgehead atoms. The van der Waals surface area contributed by atoms with Gasteiger partial charge in [0.15, 0.2) is 0 Å². The molecule has 0 spiro atoms. The van der Waals surface area contributed by atoms with Crippen LogP contribution in [-0.2, 0) is 13.6 Å². The highest BCUT2D eigenvalue weighted by Gasteiger charge is 2.12. The Bertz CT molecular complexity index is 579. The maximum atomic E-state index is 9.07. The molecule has 2 aromatic rings. The molecule has 0 aliphatic rings. The maximum Gasteiger partial charge on any atom is 0.142 e. The second kappa shape index (κ2) is 4.90. The fraction of sp³-hybridized carbons (Fsp3) is 0.273. The number of rotatable bonds is 3. The summed E-state index contributed by atoms with van der Waals surface area (Å²) in [5, 5.41) is 16.5. The van der Waals surface area contributed by atoms with Gasteiger partial charge in [0.25, 0.3) is 0 Å². The average molecular weight is 311 g/mol. The highest BCUT2D eigenvalue weighted by atomic mass is 79.9. The van der Waals surface area contributed by atoms with Crippen molar-refractivity contribution in [1.82, 2.24) is 9.78 Å². The summed E-state index contributed by atoms with van der Waals surface area (Å²) in [5.41, 5.74) is 1.37. The highest BCUT2D eigenvalue weighted by Crippen LogP contribution is 2.24. The van der Waals surface area contributed by atoms with Crippen LogP contribution in [0.15, 0.2) is 15.9 Å². The predicted octanol–water partition coefficient (Wildman–Crippen LogP) is 3.04. The van der Waals surface area contributed by atoms with Crippen molar-refractivity contribution in [2.45, 2.75) is 13.5 Å². The van der Waals surface area contributed by atoms with E-state index in [1.165, 1.54) is 4.88 Å². The van der Waals surface area contributed by atoms with Crippen molar-refractivity contribution < 1.29 is 0 Å². The van der Waals surface area contributed by atoms with Crippen LogP contribution in [0.25, 0.3) is 0 Å². The summed E-state index contributed by atoms with van der Waals surface area (Å²) >= 11 is 5.10. The van der Waals surface area contributed by atoms with Crippen LogP contribution < -0.4 is 5.32 Å². The molecule has 1 N–H and O–H groups in total. The first-order valence-electron chi connectivity index (χ1n) is 5.03. The SMILES string of the molecule is Cc1nn(C)c(NCc2ccc(Br)s2)c1C#N. The van der Waals surface area contributed by atoms with Gasteiger partial charge in [0.05, 0.1) is 16.0 Å². The number of nitrogens with one attached hydrogen (secondary N) is 1. The van der Waals surface area contributed by atoms with E-state index in [4.69, 9.17) is 5.26 Å². The van der Waals surface area contributed by atoms with Gasteiger partial charge in [-0.15, -0.1) is 11.3 Å². The zero-order chi connectivity index (χ0) is 12.4. The molecule has 0 saturated carbocycles. The van der Waals surface area contributed by atoms with Gasteiger partial charge in [0, 0.05) is 11.9 Å². The van der Waals surface area contributed by atoms with Crippen molar-refractivity contribution in [1.29, 1.82) is 5.26 Å². The second-order valence-electron chi connectivity index (χ2n) is 3.60. The molecule has 2 rings (SSSR count). The van der Waals surface area contributed by atoms with Crippen LogP contribution in [0.3, 0.4) is 0 Å². The van der Waals surface area contributed by atoms with E-state index >= 15 is 0 Å². The molecule has 0 unspecified atom stereocenters. The molecule has 0 amide bonds. The smallest absolute Gasteiger partial charge is 0.142 e. The van der Waals surface area contributed by atoms with Gasteiger partial charge >= 0.3 is 0 Å². The van der Waals surface area contributed by atoms with E-state index in [0.717, 1.165) is 15.3 Å². The Morgan fingerprint density at radius 2 is 2.35 bits per heavy atom. The molecular formula is C11H11BrN4S. The van der Waals surface area contributed by atoms with E-state index in [1.54, 1.807) is 16.0 Å². The minimum Gasteiger partial charge on any atom is -0.364 e. The lowest BCUT2D eigenvalue weighted by Gasteiger charge is -2.05. The number of nitrogens with zero attached hydrogens (tertiary/aromatic N) is 3. The van der Waals surface area contributed by atoms with Crippen molar-refractivity contribution >= 4 is 33.1 Å². The van der Waals surface area contributed by atoms with Crippen LogP contribution in [0.2, 0.25) is 0 Å². The zero-order valence-electron chi connectivity index (χ0n) is 9.49. The Hall–Kier alpha value is -1.32. The van der Waals surface area contributed by atoms with Crippen LogP contribution in [0, 0.1) is 18.3 Å². The van der Waals surface area contributed by atoms with Gasteiger partial charge in [-0.2, -0.15) is 10.4 Å². The molecule has 88 valence electrons. The molecular weight excluding hydrogens is 300 g/mol. The first-order valence-corrected chi connectivity index (χ1v) is 6.64. The molecule has 0 fully saturated rings. The first-order chi connectivity index (χ1) is 8.11. The monoisotopic (exact) mass is 310 g/mol. The zero-order valence-corrected chi connectivity index (χ0v) is 11.9. The Kier molecular flexibility index (Phi) is 3.50. The molecule has 0 radical (unpaired) electrons. The van der Waals surface area contributed by atoms with E-state index in [9.17, 15) is 0 Å². The third kappa shape index (κ3) is 2.51. The summed E-state index contributed by atoms with van der Waals surface area (Å²) in [6, 6.07) is 6.24.